The summed E-state index contributed by atoms with van der Waals surface area (Å²) in [6, 6.07) is 11.0. The first kappa shape index (κ1) is 14.6. The molecule has 2 N–H and O–H groups in total. The number of anilines is 1. The highest BCUT2D eigenvalue weighted by molar-refractivity contribution is 5.28. The Bertz CT molecular complexity index is 502. The van der Waals surface area contributed by atoms with E-state index in [-0.39, 0.29) is 0 Å². The lowest BCUT2D eigenvalue weighted by molar-refractivity contribution is 0.228. The summed E-state index contributed by atoms with van der Waals surface area (Å²) in [5.74, 6) is 0.843. The van der Waals surface area contributed by atoms with Crippen LogP contribution in [0.1, 0.15) is 31.1 Å². The van der Waals surface area contributed by atoms with Crippen LogP contribution >= 0.6 is 0 Å². The van der Waals surface area contributed by atoms with Crippen LogP contribution in [0.5, 0.6) is 0 Å². The average Bonchev–Trinajstić information content (AvgIpc) is 2.90. The molecular weight excluding hydrogens is 248 g/mol. The average molecular weight is 272 g/mol. The molecule has 0 radical (unpaired) electrons. The molecular formula is C16H24N4. The number of imidazole rings is 1. The second-order valence-corrected chi connectivity index (χ2v) is 4.94. The Morgan fingerprint density at radius 2 is 1.90 bits per heavy atom. The van der Waals surface area contributed by atoms with Crippen LogP contribution in [0, 0.1) is 6.92 Å². The Morgan fingerprint density at radius 1 is 1.20 bits per heavy atom. The van der Waals surface area contributed by atoms with Crippen LogP contribution in [0.3, 0.4) is 0 Å². The fourth-order valence-corrected chi connectivity index (χ4v) is 2.49. The second kappa shape index (κ2) is 7.10. The first-order chi connectivity index (χ1) is 9.74. The monoisotopic (exact) mass is 272 g/mol. The first-order valence-corrected chi connectivity index (χ1v) is 7.29. The predicted molar refractivity (Wildman–Crippen MR) is 83.9 cm³/mol. The third-order valence-corrected chi connectivity index (χ3v) is 3.60. The Hall–Kier alpha value is -1.81. The third-order valence-electron chi connectivity index (χ3n) is 3.60. The maximum atomic E-state index is 4.31. The third kappa shape index (κ3) is 3.61. The smallest absolute Gasteiger partial charge is 0.200 e. The van der Waals surface area contributed by atoms with E-state index in [1.165, 1.54) is 5.56 Å². The summed E-state index contributed by atoms with van der Waals surface area (Å²) in [4.78, 5) is 9.98. The van der Waals surface area contributed by atoms with E-state index in [4.69, 9.17) is 0 Å². The van der Waals surface area contributed by atoms with Crippen molar-refractivity contribution in [1.29, 1.82) is 0 Å². The van der Waals surface area contributed by atoms with Gasteiger partial charge < -0.3 is 10.3 Å². The van der Waals surface area contributed by atoms with Crippen molar-refractivity contribution in [2.24, 2.45) is 0 Å². The summed E-state index contributed by atoms with van der Waals surface area (Å²) in [6.07, 6.45) is 1.84. The van der Waals surface area contributed by atoms with Crippen molar-refractivity contribution in [3.05, 3.63) is 47.8 Å². The molecule has 2 rings (SSSR count). The van der Waals surface area contributed by atoms with Crippen LogP contribution in [0.2, 0.25) is 0 Å². The maximum absolute atomic E-state index is 4.31. The molecule has 4 heteroatoms. The van der Waals surface area contributed by atoms with Gasteiger partial charge in [0.15, 0.2) is 5.95 Å². The summed E-state index contributed by atoms with van der Waals surface area (Å²) in [5, 5.41) is 3.40. The Morgan fingerprint density at radius 3 is 2.45 bits per heavy atom. The topological polar surface area (TPSA) is 44.0 Å². The first-order valence-electron chi connectivity index (χ1n) is 7.29. The van der Waals surface area contributed by atoms with Crippen molar-refractivity contribution in [1.82, 2.24) is 14.9 Å². The lowest BCUT2D eigenvalue weighted by Gasteiger charge is -2.30. The normalized spacial score (nSPS) is 12.6. The van der Waals surface area contributed by atoms with Gasteiger partial charge in [0.2, 0.25) is 0 Å². The predicted octanol–water partition coefficient (Wildman–Crippen LogP) is 3.21. The minimum absolute atomic E-state index is 0.358. The summed E-state index contributed by atoms with van der Waals surface area (Å²) in [7, 11) is 0. The molecule has 0 bridgehead atoms. The van der Waals surface area contributed by atoms with E-state index in [1.807, 2.05) is 13.1 Å². The molecule has 0 saturated carbocycles. The molecule has 0 aliphatic carbocycles. The number of likely N-dealkylation sites (N-methyl/N-ethyl adjacent to an activating group) is 1. The summed E-state index contributed by atoms with van der Waals surface area (Å²) < 4.78 is 0. The van der Waals surface area contributed by atoms with Crippen LogP contribution in [-0.4, -0.2) is 34.5 Å². The Balaban J connectivity index is 2.10. The van der Waals surface area contributed by atoms with Gasteiger partial charge >= 0.3 is 0 Å². The molecule has 0 saturated heterocycles. The van der Waals surface area contributed by atoms with E-state index < -0.39 is 0 Å². The number of rotatable bonds is 7. The van der Waals surface area contributed by atoms with E-state index in [2.05, 4.69) is 64.4 Å². The molecule has 4 nitrogen and oxygen atoms in total. The zero-order chi connectivity index (χ0) is 14.4. The van der Waals surface area contributed by atoms with Crippen molar-refractivity contribution in [3.8, 4) is 0 Å². The Labute approximate surface area is 121 Å². The lowest BCUT2D eigenvalue weighted by Crippen LogP contribution is -2.33. The highest BCUT2D eigenvalue weighted by Crippen LogP contribution is 2.20. The van der Waals surface area contributed by atoms with Gasteiger partial charge in [-0.3, -0.25) is 4.90 Å². The standard InChI is InChI=1S/C16H24N4/c1-4-20(5-2)15(14-9-7-6-8-10-14)12-18-16-17-11-13(3)19-16/h6-11,15H,4-5,12H2,1-3H3,(H2,17,18,19). The zero-order valence-electron chi connectivity index (χ0n) is 12.6. The summed E-state index contributed by atoms with van der Waals surface area (Å²) in [6.45, 7) is 9.34. The van der Waals surface area contributed by atoms with Crippen LogP contribution in [0.15, 0.2) is 36.5 Å². The molecule has 1 unspecified atom stereocenters. The van der Waals surface area contributed by atoms with Crippen molar-refractivity contribution < 1.29 is 0 Å². The van der Waals surface area contributed by atoms with Gasteiger partial charge in [-0.15, -0.1) is 0 Å². The lowest BCUT2D eigenvalue weighted by atomic mass is 10.1. The molecule has 1 aromatic heterocycles. The van der Waals surface area contributed by atoms with Crippen LogP contribution < -0.4 is 5.32 Å². The quantitative estimate of drug-likeness (QED) is 0.813. The van der Waals surface area contributed by atoms with Gasteiger partial charge in [0.1, 0.15) is 0 Å². The number of hydrogen-bond acceptors (Lipinski definition) is 3. The molecule has 0 aliphatic rings. The van der Waals surface area contributed by atoms with Gasteiger partial charge in [-0.05, 0) is 25.6 Å². The van der Waals surface area contributed by atoms with Gasteiger partial charge in [0, 0.05) is 18.4 Å². The number of benzene rings is 1. The molecule has 0 fully saturated rings. The number of aromatic nitrogens is 2. The van der Waals surface area contributed by atoms with Gasteiger partial charge in [-0.2, -0.15) is 0 Å². The van der Waals surface area contributed by atoms with E-state index in [0.717, 1.165) is 31.3 Å². The van der Waals surface area contributed by atoms with E-state index in [9.17, 15) is 0 Å². The number of aromatic amines is 1. The zero-order valence-corrected chi connectivity index (χ0v) is 12.6. The molecule has 0 amide bonds. The van der Waals surface area contributed by atoms with Gasteiger partial charge in [0.25, 0.3) is 0 Å². The van der Waals surface area contributed by atoms with Crippen LogP contribution in [0.4, 0.5) is 5.95 Å². The SMILES string of the molecule is CCN(CC)C(CNc1ncc(C)[nH]1)c1ccccc1. The molecule has 1 heterocycles. The van der Waals surface area contributed by atoms with E-state index in [0.29, 0.717) is 6.04 Å². The highest BCUT2D eigenvalue weighted by Gasteiger charge is 2.17. The Kier molecular flexibility index (Phi) is 5.18. The number of nitrogens with zero attached hydrogens (tertiary/aromatic N) is 2. The van der Waals surface area contributed by atoms with Gasteiger partial charge in [0.05, 0.1) is 6.04 Å². The van der Waals surface area contributed by atoms with Gasteiger partial charge in [-0.25, -0.2) is 4.98 Å². The van der Waals surface area contributed by atoms with E-state index >= 15 is 0 Å². The fourth-order valence-electron chi connectivity index (χ4n) is 2.49. The molecule has 0 spiro atoms. The molecule has 1 atom stereocenters. The van der Waals surface area contributed by atoms with Crippen molar-refractivity contribution in [3.63, 3.8) is 0 Å². The molecule has 1 aromatic carbocycles. The fraction of sp³-hybridized carbons (Fsp3) is 0.438. The number of H-pyrrole nitrogens is 1. The van der Waals surface area contributed by atoms with Crippen molar-refractivity contribution in [2.45, 2.75) is 26.8 Å². The maximum Gasteiger partial charge on any atom is 0.200 e. The minimum atomic E-state index is 0.358. The van der Waals surface area contributed by atoms with Crippen LogP contribution in [-0.2, 0) is 0 Å². The summed E-state index contributed by atoms with van der Waals surface area (Å²) in [5.41, 5.74) is 2.42. The van der Waals surface area contributed by atoms with Crippen molar-refractivity contribution >= 4 is 5.95 Å². The highest BCUT2D eigenvalue weighted by atomic mass is 15.2. The van der Waals surface area contributed by atoms with Gasteiger partial charge in [-0.1, -0.05) is 44.2 Å². The number of nitrogens with one attached hydrogen (secondary N) is 2. The molecule has 20 heavy (non-hydrogen) atoms. The number of aryl methyl sites for hydroxylation is 1. The molecule has 2 aromatic rings. The van der Waals surface area contributed by atoms with Crippen LogP contribution in [0.25, 0.3) is 0 Å². The minimum Gasteiger partial charge on any atom is -0.354 e. The van der Waals surface area contributed by atoms with E-state index in [1.54, 1.807) is 0 Å². The number of hydrogen-bond donors (Lipinski definition) is 2. The van der Waals surface area contributed by atoms with Crippen molar-refractivity contribution in [2.75, 3.05) is 25.0 Å². The second-order valence-electron chi connectivity index (χ2n) is 4.94. The summed E-state index contributed by atoms with van der Waals surface area (Å²) >= 11 is 0. The molecule has 108 valence electrons. The molecule has 0 aliphatic heterocycles. The largest absolute Gasteiger partial charge is 0.354 e.